The number of carbonyl (C=O) groups excluding carboxylic acids is 2. The minimum Gasteiger partial charge on any atom is -0.298 e. The van der Waals surface area contributed by atoms with Crippen LogP contribution in [0.1, 0.15) is 27.8 Å². The number of aldehydes is 1. The highest BCUT2D eigenvalue weighted by Crippen LogP contribution is 1.97. The van der Waals surface area contributed by atoms with Crippen molar-refractivity contribution in [2.75, 3.05) is 0 Å². The second kappa shape index (κ2) is 3.05. The van der Waals surface area contributed by atoms with E-state index in [2.05, 4.69) is 4.98 Å². The van der Waals surface area contributed by atoms with Crippen LogP contribution in [0.2, 0.25) is 0 Å². The molecule has 0 fully saturated rings. The Morgan fingerprint density at radius 1 is 1.55 bits per heavy atom. The fraction of sp³-hybridized carbons (Fsp3) is 0.125. The molecule has 1 rings (SSSR count). The minimum atomic E-state index is -0.0950. The maximum absolute atomic E-state index is 10.7. The fourth-order valence-corrected chi connectivity index (χ4v) is 0.683. The highest BCUT2D eigenvalue weighted by molar-refractivity contribution is 5.92. The van der Waals surface area contributed by atoms with Crippen LogP contribution >= 0.6 is 0 Å². The standard InChI is InChI=1S/C8H7NO2/c1-6(11)8-3-2-7(5-10)4-9-8/h2-5H,1H3. The summed E-state index contributed by atoms with van der Waals surface area (Å²) in [7, 11) is 0. The third kappa shape index (κ3) is 1.70. The Bertz CT molecular complexity index is 277. The Morgan fingerprint density at radius 2 is 2.27 bits per heavy atom. The van der Waals surface area contributed by atoms with Gasteiger partial charge in [0, 0.05) is 18.7 Å². The number of aromatic nitrogens is 1. The molecule has 0 aliphatic heterocycles. The van der Waals surface area contributed by atoms with E-state index in [9.17, 15) is 9.59 Å². The average molecular weight is 149 g/mol. The normalized spacial score (nSPS) is 9.18. The van der Waals surface area contributed by atoms with Gasteiger partial charge < -0.3 is 0 Å². The van der Waals surface area contributed by atoms with E-state index in [-0.39, 0.29) is 5.78 Å². The van der Waals surface area contributed by atoms with Crippen molar-refractivity contribution >= 4 is 12.1 Å². The molecule has 3 heteroatoms. The summed E-state index contributed by atoms with van der Waals surface area (Å²) in [6, 6.07) is 3.10. The first-order valence-electron chi connectivity index (χ1n) is 3.16. The Kier molecular flexibility index (Phi) is 2.11. The molecule has 0 atom stereocenters. The number of Topliss-reactive ketones (excluding diaryl/α,β-unsaturated/α-hetero) is 1. The van der Waals surface area contributed by atoms with Gasteiger partial charge in [-0.1, -0.05) is 0 Å². The van der Waals surface area contributed by atoms with Crippen LogP contribution < -0.4 is 0 Å². The lowest BCUT2D eigenvalue weighted by atomic mass is 10.2. The highest BCUT2D eigenvalue weighted by atomic mass is 16.1. The lowest BCUT2D eigenvalue weighted by molar-refractivity contribution is 0.101. The zero-order valence-electron chi connectivity index (χ0n) is 6.07. The fourth-order valence-electron chi connectivity index (χ4n) is 0.683. The molecule has 0 aliphatic rings. The Labute approximate surface area is 64.1 Å². The van der Waals surface area contributed by atoms with E-state index in [1.54, 1.807) is 6.07 Å². The van der Waals surface area contributed by atoms with Gasteiger partial charge in [0.15, 0.2) is 12.1 Å². The van der Waals surface area contributed by atoms with Crippen LogP contribution in [0, 0.1) is 0 Å². The lowest BCUT2D eigenvalue weighted by Gasteiger charge is -1.92. The molecule has 0 saturated carbocycles. The molecule has 0 bridgehead atoms. The largest absolute Gasteiger partial charge is 0.298 e. The monoisotopic (exact) mass is 149 g/mol. The van der Waals surface area contributed by atoms with Gasteiger partial charge in [0.25, 0.3) is 0 Å². The molecule has 3 nitrogen and oxygen atoms in total. The predicted molar refractivity (Wildman–Crippen MR) is 39.6 cm³/mol. The molecule has 0 saturated heterocycles. The Morgan fingerprint density at radius 3 is 2.64 bits per heavy atom. The van der Waals surface area contributed by atoms with Gasteiger partial charge in [0.2, 0.25) is 0 Å². The summed E-state index contributed by atoms with van der Waals surface area (Å²) >= 11 is 0. The maximum atomic E-state index is 10.7. The molecule has 0 aromatic carbocycles. The van der Waals surface area contributed by atoms with Crippen LogP contribution in [-0.4, -0.2) is 17.1 Å². The van der Waals surface area contributed by atoms with Crippen molar-refractivity contribution < 1.29 is 9.59 Å². The summed E-state index contributed by atoms with van der Waals surface area (Å²) in [5.41, 5.74) is 0.866. The molecule has 1 aromatic heterocycles. The predicted octanol–water partition coefficient (Wildman–Crippen LogP) is 1.10. The summed E-state index contributed by atoms with van der Waals surface area (Å²) in [6.07, 6.45) is 2.07. The van der Waals surface area contributed by atoms with Crippen LogP contribution in [0.25, 0.3) is 0 Å². The number of nitrogens with zero attached hydrogens (tertiary/aromatic N) is 1. The van der Waals surface area contributed by atoms with Gasteiger partial charge in [-0.3, -0.25) is 14.6 Å². The van der Waals surface area contributed by atoms with Gasteiger partial charge in [-0.2, -0.15) is 0 Å². The van der Waals surface area contributed by atoms with E-state index in [4.69, 9.17) is 0 Å². The topological polar surface area (TPSA) is 47.0 Å². The summed E-state index contributed by atoms with van der Waals surface area (Å²) in [5, 5.41) is 0. The minimum absolute atomic E-state index is 0.0950. The van der Waals surface area contributed by atoms with Gasteiger partial charge in [-0.15, -0.1) is 0 Å². The molecule has 1 heterocycles. The molecule has 0 amide bonds. The van der Waals surface area contributed by atoms with Gasteiger partial charge in [-0.05, 0) is 12.1 Å². The quantitative estimate of drug-likeness (QED) is 0.467. The van der Waals surface area contributed by atoms with Crippen molar-refractivity contribution in [1.29, 1.82) is 0 Å². The Balaban J connectivity index is 3.00. The van der Waals surface area contributed by atoms with E-state index in [0.717, 1.165) is 0 Å². The summed E-state index contributed by atoms with van der Waals surface area (Å²) in [6.45, 7) is 1.43. The first-order chi connectivity index (χ1) is 5.24. The molecule has 56 valence electrons. The van der Waals surface area contributed by atoms with E-state index in [1.165, 1.54) is 19.2 Å². The first kappa shape index (κ1) is 7.60. The molecular weight excluding hydrogens is 142 g/mol. The highest BCUT2D eigenvalue weighted by Gasteiger charge is 1.98. The molecule has 11 heavy (non-hydrogen) atoms. The summed E-state index contributed by atoms with van der Waals surface area (Å²) in [5.74, 6) is -0.0950. The van der Waals surface area contributed by atoms with Crippen LogP contribution in [0.3, 0.4) is 0 Å². The van der Waals surface area contributed by atoms with Gasteiger partial charge in [-0.25, -0.2) is 0 Å². The smallest absolute Gasteiger partial charge is 0.178 e. The maximum Gasteiger partial charge on any atom is 0.178 e. The van der Waals surface area contributed by atoms with Crippen LogP contribution in [-0.2, 0) is 0 Å². The van der Waals surface area contributed by atoms with Crippen molar-refractivity contribution in [1.82, 2.24) is 4.98 Å². The molecule has 0 spiro atoms. The molecule has 0 N–H and O–H groups in total. The zero-order valence-corrected chi connectivity index (χ0v) is 6.07. The molecule has 1 aromatic rings. The summed E-state index contributed by atoms with van der Waals surface area (Å²) in [4.78, 5) is 24.6. The van der Waals surface area contributed by atoms with Crippen molar-refractivity contribution in [2.45, 2.75) is 6.92 Å². The van der Waals surface area contributed by atoms with Crippen molar-refractivity contribution in [3.05, 3.63) is 29.6 Å². The lowest BCUT2D eigenvalue weighted by Crippen LogP contribution is -1.96. The van der Waals surface area contributed by atoms with Crippen molar-refractivity contribution in [3.63, 3.8) is 0 Å². The molecule has 0 unspecified atom stereocenters. The average Bonchev–Trinajstić information content (AvgIpc) is 2.05. The van der Waals surface area contributed by atoms with Crippen molar-refractivity contribution in [2.24, 2.45) is 0 Å². The number of ketones is 1. The van der Waals surface area contributed by atoms with Crippen LogP contribution in [0.5, 0.6) is 0 Å². The van der Waals surface area contributed by atoms with Crippen LogP contribution in [0.15, 0.2) is 18.3 Å². The first-order valence-corrected chi connectivity index (χ1v) is 3.16. The second-order valence-electron chi connectivity index (χ2n) is 2.15. The van der Waals surface area contributed by atoms with Gasteiger partial charge in [0.1, 0.15) is 5.69 Å². The van der Waals surface area contributed by atoms with E-state index in [1.807, 2.05) is 0 Å². The third-order valence-electron chi connectivity index (χ3n) is 1.28. The summed E-state index contributed by atoms with van der Waals surface area (Å²) < 4.78 is 0. The van der Waals surface area contributed by atoms with E-state index >= 15 is 0 Å². The molecule has 0 radical (unpaired) electrons. The van der Waals surface area contributed by atoms with E-state index in [0.29, 0.717) is 17.5 Å². The number of pyridine rings is 1. The Hall–Kier alpha value is -1.51. The van der Waals surface area contributed by atoms with Gasteiger partial charge >= 0.3 is 0 Å². The number of rotatable bonds is 2. The van der Waals surface area contributed by atoms with E-state index < -0.39 is 0 Å². The molecular formula is C8H7NO2. The molecule has 0 aliphatic carbocycles. The van der Waals surface area contributed by atoms with Crippen molar-refractivity contribution in [3.8, 4) is 0 Å². The third-order valence-corrected chi connectivity index (χ3v) is 1.28. The number of hydrogen-bond acceptors (Lipinski definition) is 3. The van der Waals surface area contributed by atoms with Gasteiger partial charge in [0.05, 0.1) is 0 Å². The zero-order chi connectivity index (χ0) is 8.27. The SMILES string of the molecule is CC(=O)c1ccc(C=O)cn1. The number of carbonyl (C=O) groups is 2. The van der Waals surface area contributed by atoms with Crippen LogP contribution in [0.4, 0.5) is 0 Å². The number of hydrogen-bond donors (Lipinski definition) is 0. The second-order valence-corrected chi connectivity index (χ2v) is 2.15.